The number of rotatable bonds is 14. The zero-order valence-corrected chi connectivity index (χ0v) is 59.1. The minimum absolute atomic E-state index is 0.0679. The second kappa shape index (κ2) is 34.9. The molecule has 2 aliphatic rings. The van der Waals surface area contributed by atoms with Crippen molar-refractivity contribution in [1.29, 1.82) is 0 Å². The third-order valence-corrected chi connectivity index (χ3v) is 18.3. The fraction of sp³-hybridized carbons (Fsp3) is 0.742. The van der Waals surface area contributed by atoms with Crippen LogP contribution in [0.4, 0.5) is 0 Å². The number of benzene rings is 1. The van der Waals surface area contributed by atoms with E-state index in [0.29, 0.717) is 6.42 Å². The normalized spacial score (nSPS) is 28.6. The van der Waals surface area contributed by atoms with Gasteiger partial charge in [0, 0.05) is 54.2 Å². The monoisotopic (exact) mass is 1280 g/mol. The fourth-order valence-corrected chi connectivity index (χ4v) is 13.0. The van der Waals surface area contributed by atoms with Crippen LogP contribution in [0.3, 0.4) is 0 Å². The van der Waals surface area contributed by atoms with Crippen molar-refractivity contribution in [2.75, 3.05) is 55.9 Å². The quantitative estimate of drug-likeness (QED) is 0.194. The highest BCUT2D eigenvalue weighted by molar-refractivity contribution is 7.99. The van der Waals surface area contributed by atoms with Gasteiger partial charge in [-0.3, -0.25) is 52.7 Å². The van der Waals surface area contributed by atoms with Crippen LogP contribution in [0.2, 0.25) is 0 Å². The summed E-state index contributed by atoms with van der Waals surface area (Å²) >= 11 is 1.47. The number of ether oxygens (including phenoxy) is 1. The van der Waals surface area contributed by atoms with E-state index >= 15 is 19.2 Å². The molecule has 0 unspecified atom stereocenters. The molecule has 23 nitrogen and oxygen atoms in total. The van der Waals surface area contributed by atoms with Crippen LogP contribution in [0, 0.1) is 41.4 Å². The summed E-state index contributed by atoms with van der Waals surface area (Å²) in [6.07, 6.45) is 0.324. The van der Waals surface area contributed by atoms with Crippen LogP contribution in [0.15, 0.2) is 35.2 Å². The number of carbonyl (C=O) groups excluding carboxylic acids is 11. The number of amides is 11. The molecule has 24 heteroatoms. The Labute approximate surface area is 541 Å². The molecule has 508 valence electrons. The van der Waals surface area contributed by atoms with E-state index in [1.807, 2.05) is 92.6 Å². The Morgan fingerprint density at radius 3 is 1.42 bits per heavy atom. The molecule has 0 spiro atoms. The third-order valence-electron chi connectivity index (χ3n) is 17.2. The zero-order chi connectivity index (χ0) is 68.7. The highest BCUT2D eigenvalue weighted by atomic mass is 32.2. The van der Waals surface area contributed by atoms with Crippen LogP contribution in [-0.4, -0.2) is 227 Å². The predicted octanol–water partition coefficient (Wildman–Crippen LogP) is 4.85. The van der Waals surface area contributed by atoms with Crippen molar-refractivity contribution in [2.45, 2.75) is 226 Å². The summed E-state index contributed by atoms with van der Waals surface area (Å²) in [6.45, 7) is 28.1. The van der Waals surface area contributed by atoms with Crippen molar-refractivity contribution >= 4 is 76.7 Å². The number of hydrogen-bond donors (Lipinski definition) is 4. The molecule has 2 fully saturated rings. The van der Waals surface area contributed by atoms with Crippen molar-refractivity contribution in [2.24, 2.45) is 41.4 Å². The summed E-state index contributed by atoms with van der Waals surface area (Å²) in [5.74, 6) is -8.88. The van der Waals surface area contributed by atoms with E-state index in [1.165, 1.54) is 109 Å². The average molecular weight is 1280 g/mol. The first kappa shape index (κ1) is 77.9. The summed E-state index contributed by atoms with van der Waals surface area (Å²) < 4.78 is 6.73. The van der Waals surface area contributed by atoms with Crippen LogP contribution >= 0.6 is 11.8 Å². The topological polar surface area (TPSA) is 268 Å². The van der Waals surface area contributed by atoms with Crippen molar-refractivity contribution in [1.82, 2.24) is 55.6 Å². The molecule has 4 N–H and O–H groups in total. The van der Waals surface area contributed by atoms with Gasteiger partial charge in [-0.1, -0.05) is 127 Å². The van der Waals surface area contributed by atoms with E-state index < -0.39 is 155 Å². The van der Waals surface area contributed by atoms with E-state index in [4.69, 9.17) is 4.74 Å². The first-order valence-electron chi connectivity index (χ1n) is 32.2. The van der Waals surface area contributed by atoms with Gasteiger partial charge in [0.1, 0.15) is 65.9 Å². The molecular weight excluding hydrogens is 1170 g/mol. The molecule has 3 rings (SSSR count). The van der Waals surface area contributed by atoms with Crippen LogP contribution in [0.1, 0.15) is 149 Å². The van der Waals surface area contributed by atoms with Gasteiger partial charge in [0.25, 0.3) is 0 Å². The molecular formula is C66H111N11O12S. The van der Waals surface area contributed by atoms with Crippen LogP contribution in [0.25, 0.3) is 0 Å². The number of hydrogen-bond acceptors (Lipinski definition) is 13. The molecule has 0 radical (unpaired) electrons. The molecule has 0 saturated carbocycles. The number of thioether (sulfide) groups is 1. The average Bonchev–Trinajstić information content (AvgIpc) is 2.24. The van der Waals surface area contributed by atoms with Gasteiger partial charge in [-0.2, -0.15) is 0 Å². The molecule has 2 saturated heterocycles. The van der Waals surface area contributed by atoms with Crippen molar-refractivity contribution in [3.05, 3.63) is 30.3 Å². The Balaban J connectivity index is 2.31. The third kappa shape index (κ3) is 20.9. The summed E-state index contributed by atoms with van der Waals surface area (Å²) in [5, 5.41) is 11.2. The van der Waals surface area contributed by atoms with Gasteiger partial charge in [-0.25, -0.2) is 0 Å². The molecule has 13 atom stereocenters. The summed E-state index contributed by atoms with van der Waals surface area (Å²) in [6, 6.07) is -2.30. The Hall–Kier alpha value is -6.30. The van der Waals surface area contributed by atoms with Gasteiger partial charge in [0.15, 0.2) is 0 Å². The van der Waals surface area contributed by atoms with Gasteiger partial charge in [0.2, 0.25) is 65.0 Å². The maximum Gasteiger partial charge on any atom is 0.246 e. The summed E-state index contributed by atoms with van der Waals surface area (Å²) in [4.78, 5) is 172. The molecule has 0 aliphatic carbocycles. The molecule has 1 aromatic carbocycles. The van der Waals surface area contributed by atoms with Gasteiger partial charge in [-0.15, -0.1) is 0 Å². The Morgan fingerprint density at radius 1 is 0.478 bits per heavy atom. The van der Waals surface area contributed by atoms with Crippen LogP contribution in [0.5, 0.6) is 0 Å². The lowest BCUT2D eigenvalue weighted by Crippen LogP contribution is -2.63. The number of carbonyl (C=O) groups is 11. The van der Waals surface area contributed by atoms with Crippen molar-refractivity contribution in [3.63, 3.8) is 0 Å². The van der Waals surface area contributed by atoms with Gasteiger partial charge in [0.05, 0.1) is 12.6 Å². The second-order valence-electron chi connectivity index (χ2n) is 27.5. The van der Waals surface area contributed by atoms with E-state index in [9.17, 15) is 33.6 Å². The zero-order valence-electron chi connectivity index (χ0n) is 58.2. The molecule has 0 bridgehead atoms. The molecule has 2 heterocycles. The number of nitrogens with one attached hydrogen (secondary N) is 4. The maximum atomic E-state index is 15.5. The van der Waals surface area contributed by atoms with Crippen LogP contribution < -0.4 is 21.3 Å². The molecule has 1 aromatic rings. The van der Waals surface area contributed by atoms with Gasteiger partial charge in [-0.05, 0) is 106 Å². The summed E-state index contributed by atoms with van der Waals surface area (Å²) in [5.41, 5.74) is -0.432. The molecule has 2 aliphatic heterocycles. The summed E-state index contributed by atoms with van der Waals surface area (Å²) in [7, 11) is 10.2. The SMILES string of the molecule is CC[C@@H]1NC(=O)[C@H]([C@@H]2O[C@H](Sc3ccccc3)C[C@H]2C)N(C)C(=O)[C@H](C(C)C)N(C)C(=O)[C@H](CC(C)C)N(C)C(=O)[C@H](CC(C)C)N(C)C(=O)[C@@H](C)NC(=O)[C@H](C)NC(=O)[C@H](CC(C)C)N(C)C(=O)[C@H](C(C)C)NC(=O)[C@H](CC(C)C)N(C)C(=O)CN(C)C1=O. The number of nitrogens with zero attached hydrogens (tertiary/aromatic N) is 7. The van der Waals surface area contributed by atoms with E-state index in [-0.39, 0.29) is 61.7 Å². The lowest BCUT2D eigenvalue weighted by molar-refractivity contribution is -0.157. The molecule has 90 heavy (non-hydrogen) atoms. The van der Waals surface area contributed by atoms with Crippen molar-refractivity contribution in [3.8, 4) is 0 Å². The molecule has 11 amide bonds. The van der Waals surface area contributed by atoms with Crippen LogP contribution in [-0.2, 0) is 57.5 Å². The minimum atomic E-state index is -1.36. The first-order chi connectivity index (χ1) is 41.8. The van der Waals surface area contributed by atoms with Gasteiger partial charge < -0.3 is 60.3 Å². The maximum absolute atomic E-state index is 15.5. The highest BCUT2D eigenvalue weighted by Crippen LogP contribution is 2.39. The fourth-order valence-electron chi connectivity index (χ4n) is 11.8. The molecule has 0 aromatic heterocycles. The van der Waals surface area contributed by atoms with Crippen molar-refractivity contribution < 1.29 is 57.5 Å². The second-order valence-corrected chi connectivity index (χ2v) is 28.7. The Morgan fingerprint density at radius 2 is 0.933 bits per heavy atom. The smallest absolute Gasteiger partial charge is 0.246 e. The largest absolute Gasteiger partial charge is 0.361 e. The Kier molecular flexibility index (Phi) is 30.3. The standard InChI is InChI=1S/C66H111N11O12S/c1-24-46-62(84)71(17)35-51(78)72(18)47(30-36(2)3)59(81)70-53(40(10)11)65(87)73(19)48(31-37(4)5)58(80)67-43(15)57(79)68-44(16)61(83)74(20)49(32-38(6)7)63(85)75(21)50(33-39(8)9)64(86)76(22)54(41(12)13)66(88)77(23)55(60(82)69-46)56-42(14)34-52(89-56)90-45-28-26-25-27-29-45/h25-29,36-44,46-50,52-56H,24,30-35H2,1-23H3,(H,67,80)(H,68,79)(H,69,82)(H,70,81)/t42-,43+,44-,46+,47+,48+,49+,50+,52-,53+,54+,55+,56-/m1/s1. The van der Waals surface area contributed by atoms with E-state index in [2.05, 4.69) is 21.3 Å². The lowest BCUT2D eigenvalue weighted by Gasteiger charge is -2.41. The first-order valence-corrected chi connectivity index (χ1v) is 33.1. The van der Waals surface area contributed by atoms with Gasteiger partial charge >= 0.3 is 0 Å². The highest BCUT2D eigenvalue weighted by Gasteiger charge is 2.49. The minimum Gasteiger partial charge on any atom is -0.361 e. The van der Waals surface area contributed by atoms with E-state index in [0.717, 1.165) is 4.90 Å². The van der Waals surface area contributed by atoms with E-state index in [1.54, 1.807) is 34.6 Å². The number of likely N-dealkylation sites (N-methyl/N-ethyl adjacent to an activating group) is 7. The Bertz CT molecular complexity index is 2640. The predicted molar refractivity (Wildman–Crippen MR) is 349 cm³/mol. The lowest BCUT2D eigenvalue weighted by atomic mass is 9.93.